The Morgan fingerprint density at radius 1 is 1.47 bits per heavy atom. The van der Waals surface area contributed by atoms with E-state index >= 15 is 0 Å². The van der Waals surface area contributed by atoms with E-state index in [2.05, 4.69) is 23.7 Å². The number of likely N-dealkylation sites (tertiary alicyclic amines) is 1. The smallest absolute Gasteiger partial charge is 0.138 e. The molecule has 0 aliphatic carbocycles. The molecule has 1 aliphatic heterocycles. The van der Waals surface area contributed by atoms with Crippen LogP contribution >= 0.6 is 0 Å². The third-order valence-electron chi connectivity index (χ3n) is 3.69. The number of hydrogen-bond donors (Lipinski definition) is 1. The second-order valence-corrected chi connectivity index (χ2v) is 5.07. The molecule has 1 aromatic rings. The zero-order chi connectivity index (χ0) is 13.7. The summed E-state index contributed by atoms with van der Waals surface area (Å²) in [7, 11) is 0. The fourth-order valence-electron chi connectivity index (χ4n) is 2.55. The monoisotopic (exact) mass is 261 g/mol. The minimum atomic E-state index is -0.322. The molecule has 1 atom stereocenters. The molecule has 2 nitrogen and oxygen atoms in total. The standard InChI is InChI=1S/C16H20FNO/c1-2-13-7-8-18(11-13)12-14-5-6-16(17)15(10-14)4-3-9-19/h5-6,10,13,19H,2,7-9,11-12H2,1H3. The van der Waals surface area contributed by atoms with Crippen molar-refractivity contribution in [3.63, 3.8) is 0 Å². The second-order valence-electron chi connectivity index (χ2n) is 5.07. The average Bonchev–Trinajstić information content (AvgIpc) is 2.87. The molecule has 3 heteroatoms. The maximum Gasteiger partial charge on any atom is 0.138 e. The van der Waals surface area contributed by atoms with Crippen LogP contribution in [0.4, 0.5) is 4.39 Å². The van der Waals surface area contributed by atoms with E-state index < -0.39 is 0 Å². The van der Waals surface area contributed by atoms with Crippen LogP contribution in [0.3, 0.4) is 0 Å². The van der Waals surface area contributed by atoms with Gasteiger partial charge < -0.3 is 5.11 Å². The van der Waals surface area contributed by atoms with Crippen LogP contribution in [0.2, 0.25) is 0 Å². The summed E-state index contributed by atoms with van der Waals surface area (Å²) in [5.41, 5.74) is 1.46. The van der Waals surface area contributed by atoms with Crippen LogP contribution in [-0.2, 0) is 6.54 Å². The molecule has 0 aromatic heterocycles. The average molecular weight is 261 g/mol. The summed E-state index contributed by atoms with van der Waals surface area (Å²) in [6.07, 6.45) is 2.49. The molecular weight excluding hydrogens is 241 g/mol. The molecule has 0 spiro atoms. The number of benzene rings is 1. The molecule has 1 aliphatic rings. The topological polar surface area (TPSA) is 23.5 Å². The zero-order valence-electron chi connectivity index (χ0n) is 11.3. The van der Waals surface area contributed by atoms with E-state index in [1.165, 1.54) is 18.9 Å². The zero-order valence-corrected chi connectivity index (χ0v) is 11.3. The lowest BCUT2D eigenvalue weighted by Crippen LogP contribution is -2.20. The van der Waals surface area contributed by atoms with Gasteiger partial charge in [0.25, 0.3) is 0 Å². The van der Waals surface area contributed by atoms with E-state index in [0.29, 0.717) is 5.56 Å². The summed E-state index contributed by atoms with van der Waals surface area (Å²) in [4.78, 5) is 2.41. The minimum Gasteiger partial charge on any atom is -0.384 e. The van der Waals surface area contributed by atoms with Crippen LogP contribution in [0, 0.1) is 23.6 Å². The van der Waals surface area contributed by atoms with E-state index in [1.807, 2.05) is 6.07 Å². The van der Waals surface area contributed by atoms with Gasteiger partial charge in [0.2, 0.25) is 0 Å². The van der Waals surface area contributed by atoms with Crippen molar-refractivity contribution >= 4 is 0 Å². The first kappa shape index (κ1) is 14.0. The largest absolute Gasteiger partial charge is 0.384 e. The van der Waals surface area contributed by atoms with Gasteiger partial charge in [-0.2, -0.15) is 0 Å². The van der Waals surface area contributed by atoms with Crippen LogP contribution in [0.1, 0.15) is 30.9 Å². The van der Waals surface area contributed by atoms with E-state index in [-0.39, 0.29) is 12.4 Å². The van der Waals surface area contributed by atoms with Gasteiger partial charge in [-0.05, 0) is 36.6 Å². The van der Waals surface area contributed by atoms with Crippen molar-refractivity contribution in [3.05, 3.63) is 35.1 Å². The Hall–Kier alpha value is -1.37. The number of nitrogens with zero attached hydrogens (tertiary/aromatic N) is 1. The summed E-state index contributed by atoms with van der Waals surface area (Å²) < 4.78 is 13.5. The molecule has 1 fully saturated rings. The Morgan fingerprint density at radius 2 is 2.32 bits per heavy atom. The number of aliphatic hydroxyl groups excluding tert-OH is 1. The van der Waals surface area contributed by atoms with Gasteiger partial charge in [-0.15, -0.1) is 0 Å². The van der Waals surface area contributed by atoms with Gasteiger partial charge in [-0.3, -0.25) is 4.90 Å². The molecule has 1 unspecified atom stereocenters. The van der Waals surface area contributed by atoms with Crippen molar-refractivity contribution in [2.45, 2.75) is 26.3 Å². The fourth-order valence-corrected chi connectivity index (χ4v) is 2.55. The normalized spacial score (nSPS) is 19.2. The highest BCUT2D eigenvalue weighted by Gasteiger charge is 2.20. The molecule has 0 saturated carbocycles. The van der Waals surface area contributed by atoms with Gasteiger partial charge in [0.15, 0.2) is 0 Å². The first-order chi connectivity index (χ1) is 9.22. The molecule has 1 heterocycles. The molecule has 1 aromatic carbocycles. The molecule has 0 amide bonds. The molecule has 1 saturated heterocycles. The fraction of sp³-hybridized carbons (Fsp3) is 0.500. The Labute approximate surface area is 114 Å². The van der Waals surface area contributed by atoms with E-state index in [9.17, 15) is 4.39 Å². The molecule has 19 heavy (non-hydrogen) atoms. The lowest BCUT2D eigenvalue weighted by atomic mass is 10.1. The first-order valence-electron chi connectivity index (χ1n) is 6.83. The predicted molar refractivity (Wildman–Crippen MR) is 74.0 cm³/mol. The summed E-state index contributed by atoms with van der Waals surface area (Å²) in [5, 5.41) is 8.67. The van der Waals surface area contributed by atoms with Crippen molar-refractivity contribution < 1.29 is 9.50 Å². The number of rotatable bonds is 3. The quantitative estimate of drug-likeness (QED) is 0.845. The molecular formula is C16H20FNO. The van der Waals surface area contributed by atoms with Crippen LogP contribution in [0.5, 0.6) is 0 Å². The molecule has 0 radical (unpaired) electrons. The highest BCUT2D eigenvalue weighted by Crippen LogP contribution is 2.21. The van der Waals surface area contributed by atoms with Gasteiger partial charge in [0, 0.05) is 13.1 Å². The van der Waals surface area contributed by atoms with Crippen molar-refractivity contribution in [2.75, 3.05) is 19.7 Å². The van der Waals surface area contributed by atoms with Crippen LogP contribution in [0.15, 0.2) is 18.2 Å². The first-order valence-corrected chi connectivity index (χ1v) is 6.83. The van der Waals surface area contributed by atoms with Crippen molar-refractivity contribution in [3.8, 4) is 11.8 Å². The number of hydrogen-bond acceptors (Lipinski definition) is 2. The summed E-state index contributed by atoms with van der Waals surface area (Å²) in [6.45, 7) is 5.09. The highest BCUT2D eigenvalue weighted by molar-refractivity contribution is 5.38. The Balaban J connectivity index is 2.05. The number of halogens is 1. The van der Waals surface area contributed by atoms with Gasteiger partial charge in [-0.1, -0.05) is 31.3 Å². The van der Waals surface area contributed by atoms with E-state index in [4.69, 9.17) is 5.11 Å². The van der Waals surface area contributed by atoms with Crippen LogP contribution < -0.4 is 0 Å². The molecule has 1 N–H and O–H groups in total. The lowest BCUT2D eigenvalue weighted by Gasteiger charge is -2.16. The summed E-state index contributed by atoms with van der Waals surface area (Å²) >= 11 is 0. The third kappa shape index (κ3) is 3.79. The summed E-state index contributed by atoms with van der Waals surface area (Å²) in [5.74, 6) is 5.63. The third-order valence-corrected chi connectivity index (χ3v) is 3.69. The van der Waals surface area contributed by atoms with Crippen LogP contribution in [-0.4, -0.2) is 29.7 Å². The van der Waals surface area contributed by atoms with Crippen LogP contribution in [0.25, 0.3) is 0 Å². The van der Waals surface area contributed by atoms with Gasteiger partial charge >= 0.3 is 0 Å². The van der Waals surface area contributed by atoms with E-state index in [0.717, 1.165) is 31.1 Å². The van der Waals surface area contributed by atoms with Gasteiger partial charge in [0.05, 0.1) is 5.56 Å². The molecule has 2 rings (SSSR count). The van der Waals surface area contributed by atoms with Crippen molar-refractivity contribution in [1.29, 1.82) is 0 Å². The SMILES string of the molecule is CCC1CCN(Cc2ccc(F)c(C#CCO)c2)C1. The van der Waals surface area contributed by atoms with Gasteiger partial charge in [-0.25, -0.2) is 4.39 Å². The highest BCUT2D eigenvalue weighted by atomic mass is 19.1. The van der Waals surface area contributed by atoms with Gasteiger partial charge in [0.1, 0.15) is 12.4 Å². The summed E-state index contributed by atoms with van der Waals surface area (Å²) in [6, 6.07) is 5.07. The Bertz CT molecular complexity index is 489. The molecule has 0 bridgehead atoms. The minimum absolute atomic E-state index is 0.242. The number of aliphatic hydroxyl groups is 1. The van der Waals surface area contributed by atoms with Crippen molar-refractivity contribution in [1.82, 2.24) is 4.90 Å². The Morgan fingerprint density at radius 3 is 3.00 bits per heavy atom. The predicted octanol–water partition coefficient (Wildman–Crippen LogP) is 2.40. The van der Waals surface area contributed by atoms with E-state index in [1.54, 1.807) is 6.07 Å². The molecule has 102 valence electrons. The lowest BCUT2D eigenvalue weighted by molar-refractivity contribution is 0.315. The maximum atomic E-state index is 13.5. The Kier molecular flexibility index (Phi) is 4.95. The van der Waals surface area contributed by atoms with Crippen molar-refractivity contribution in [2.24, 2.45) is 5.92 Å². The second kappa shape index (κ2) is 6.70. The maximum absolute atomic E-state index is 13.5.